The monoisotopic (exact) mass is 191 g/mol. The quantitative estimate of drug-likeness (QED) is 0.661. The van der Waals surface area contributed by atoms with Crippen LogP contribution in [0.3, 0.4) is 0 Å². The molecule has 72 valence electrons. The van der Waals surface area contributed by atoms with Crippen molar-refractivity contribution in [2.45, 2.75) is 26.3 Å². The molecule has 0 fully saturated rings. The summed E-state index contributed by atoms with van der Waals surface area (Å²) in [6.07, 6.45) is 0.0748. The molecule has 0 aliphatic heterocycles. The summed E-state index contributed by atoms with van der Waals surface area (Å²) in [6.45, 7) is 4.08. The number of hydrogen-bond donors (Lipinski definition) is 2. The van der Waals surface area contributed by atoms with E-state index in [1.54, 1.807) is 11.8 Å². The molecule has 2 atom stereocenters. The molecule has 0 spiro atoms. The highest BCUT2D eigenvalue weighted by molar-refractivity contribution is 7.99. The second-order valence-corrected chi connectivity index (χ2v) is 4.22. The molecule has 0 amide bonds. The zero-order valence-corrected chi connectivity index (χ0v) is 8.43. The molecule has 0 aliphatic carbocycles. The Balaban J connectivity index is 3.60. The van der Waals surface area contributed by atoms with E-state index in [9.17, 15) is 4.79 Å². The van der Waals surface area contributed by atoms with E-state index in [1.165, 1.54) is 0 Å². The van der Waals surface area contributed by atoms with Crippen LogP contribution in [0.15, 0.2) is 0 Å². The standard InChI is InChI=1S/C8H17NO2S/c1-3-12-5-6(2)7(9)4-8(10)11/h6-7H,3-5,9H2,1-2H3,(H,10,11)/t6-,7+/m1/s1. The Labute approximate surface area is 77.7 Å². The van der Waals surface area contributed by atoms with Crippen LogP contribution in [-0.4, -0.2) is 28.6 Å². The first kappa shape index (κ1) is 11.8. The number of carboxylic acid groups (broad SMARTS) is 1. The lowest BCUT2D eigenvalue weighted by molar-refractivity contribution is -0.137. The van der Waals surface area contributed by atoms with Crippen molar-refractivity contribution in [2.24, 2.45) is 11.7 Å². The third-order valence-corrected chi connectivity index (χ3v) is 2.90. The molecule has 0 aromatic carbocycles. The minimum atomic E-state index is -0.809. The summed E-state index contributed by atoms with van der Waals surface area (Å²) >= 11 is 1.80. The molecular formula is C8H17NO2S. The average Bonchev–Trinajstić information content (AvgIpc) is 1.98. The Morgan fingerprint density at radius 3 is 2.67 bits per heavy atom. The lowest BCUT2D eigenvalue weighted by Crippen LogP contribution is -2.32. The minimum Gasteiger partial charge on any atom is -0.481 e. The van der Waals surface area contributed by atoms with Crippen molar-refractivity contribution in [1.82, 2.24) is 0 Å². The fourth-order valence-corrected chi connectivity index (χ4v) is 1.68. The van der Waals surface area contributed by atoms with Crippen LogP contribution in [0.4, 0.5) is 0 Å². The zero-order valence-electron chi connectivity index (χ0n) is 7.62. The fourth-order valence-electron chi connectivity index (χ4n) is 0.830. The Hall–Kier alpha value is -0.220. The number of hydrogen-bond acceptors (Lipinski definition) is 3. The average molecular weight is 191 g/mol. The van der Waals surface area contributed by atoms with Gasteiger partial charge in [0.25, 0.3) is 0 Å². The van der Waals surface area contributed by atoms with Crippen LogP contribution in [0.2, 0.25) is 0 Å². The van der Waals surface area contributed by atoms with Gasteiger partial charge < -0.3 is 10.8 Å². The molecule has 0 saturated heterocycles. The summed E-state index contributed by atoms with van der Waals surface area (Å²) in [7, 11) is 0. The molecular weight excluding hydrogens is 174 g/mol. The van der Waals surface area contributed by atoms with Gasteiger partial charge in [-0.3, -0.25) is 4.79 Å². The number of rotatable bonds is 6. The van der Waals surface area contributed by atoms with Gasteiger partial charge in [-0.2, -0.15) is 11.8 Å². The largest absolute Gasteiger partial charge is 0.481 e. The molecule has 0 radical (unpaired) electrons. The maximum atomic E-state index is 10.3. The molecule has 0 rings (SSSR count). The number of thioether (sulfide) groups is 1. The highest BCUT2D eigenvalue weighted by atomic mass is 32.2. The topological polar surface area (TPSA) is 63.3 Å². The first-order chi connectivity index (χ1) is 5.57. The first-order valence-electron chi connectivity index (χ1n) is 4.13. The predicted octanol–water partition coefficient (Wildman–Crippen LogP) is 1.18. The van der Waals surface area contributed by atoms with Crippen LogP contribution in [0, 0.1) is 5.92 Å². The molecule has 0 aromatic rings. The summed E-state index contributed by atoms with van der Waals surface area (Å²) < 4.78 is 0. The van der Waals surface area contributed by atoms with Crippen molar-refractivity contribution >= 4 is 17.7 Å². The number of carboxylic acids is 1. The van der Waals surface area contributed by atoms with Crippen LogP contribution in [-0.2, 0) is 4.79 Å². The molecule has 3 N–H and O–H groups in total. The van der Waals surface area contributed by atoms with E-state index in [4.69, 9.17) is 10.8 Å². The van der Waals surface area contributed by atoms with Crippen molar-refractivity contribution in [1.29, 1.82) is 0 Å². The molecule has 0 saturated carbocycles. The van der Waals surface area contributed by atoms with Crippen LogP contribution in [0.1, 0.15) is 20.3 Å². The maximum absolute atomic E-state index is 10.3. The first-order valence-corrected chi connectivity index (χ1v) is 5.28. The number of aliphatic carboxylic acids is 1. The van der Waals surface area contributed by atoms with Crippen LogP contribution < -0.4 is 5.73 Å². The molecule has 12 heavy (non-hydrogen) atoms. The number of carbonyl (C=O) groups is 1. The Morgan fingerprint density at radius 1 is 1.67 bits per heavy atom. The van der Waals surface area contributed by atoms with Crippen LogP contribution in [0.5, 0.6) is 0 Å². The van der Waals surface area contributed by atoms with E-state index in [0.29, 0.717) is 0 Å². The maximum Gasteiger partial charge on any atom is 0.304 e. The SMILES string of the molecule is CCSC[C@@H](C)[C@@H](N)CC(=O)O. The molecule has 4 heteroatoms. The Bertz CT molecular complexity index is 141. The van der Waals surface area contributed by atoms with Gasteiger partial charge in [-0.05, 0) is 17.4 Å². The smallest absolute Gasteiger partial charge is 0.304 e. The van der Waals surface area contributed by atoms with Crippen molar-refractivity contribution in [2.75, 3.05) is 11.5 Å². The third-order valence-electron chi connectivity index (χ3n) is 1.73. The van der Waals surface area contributed by atoms with Gasteiger partial charge in [0, 0.05) is 6.04 Å². The molecule has 0 aromatic heterocycles. The van der Waals surface area contributed by atoms with E-state index in [-0.39, 0.29) is 18.4 Å². The highest BCUT2D eigenvalue weighted by Gasteiger charge is 2.15. The van der Waals surface area contributed by atoms with Crippen LogP contribution >= 0.6 is 11.8 Å². The molecule has 0 unspecified atom stereocenters. The van der Waals surface area contributed by atoms with E-state index < -0.39 is 5.97 Å². The van der Waals surface area contributed by atoms with Gasteiger partial charge in [0.15, 0.2) is 0 Å². The summed E-state index contributed by atoms with van der Waals surface area (Å²) in [5.74, 6) is 1.48. The van der Waals surface area contributed by atoms with E-state index >= 15 is 0 Å². The van der Waals surface area contributed by atoms with Crippen molar-refractivity contribution in [3.63, 3.8) is 0 Å². The molecule has 0 bridgehead atoms. The van der Waals surface area contributed by atoms with Gasteiger partial charge in [-0.1, -0.05) is 13.8 Å². The van der Waals surface area contributed by atoms with E-state index in [0.717, 1.165) is 11.5 Å². The van der Waals surface area contributed by atoms with Gasteiger partial charge >= 0.3 is 5.97 Å². The lowest BCUT2D eigenvalue weighted by Gasteiger charge is -2.16. The molecule has 0 aliphatic rings. The van der Waals surface area contributed by atoms with Gasteiger partial charge in [0.05, 0.1) is 6.42 Å². The summed E-state index contributed by atoms with van der Waals surface area (Å²) in [5.41, 5.74) is 5.66. The minimum absolute atomic E-state index is 0.0748. The summed E-state index contributed by atoms with van der Waals surface area (Å²) in [5, 5.41) is 8.47. The second kappa shape index (κ2) is 6.31. The fraction of sp³-hybridized carbons (Fsp3) is 0.875. The summed E-state index contributed by atoms with van der Waals surface area (Å²) in [4.78, 5) is 10.3. The van der Waals surface area contributed by atoms with Crippen molar-refractivity contribution in [3.8, 4) is 0 Å². The normalized spacial score (nSPS) is 15.6. The second-order valence-electron chi connectivity index (χ2n) is 2.90. The van der Waals surface area contributed by atoms with Crippen LogP contribution in [0.25, 0.3) is 0 Å². The van der Waals surface area contributed by atoms with E-state index in [1.807, 2.05) is 6.92 Å². The van der Waals surface area contributed by atoms with Crippen molar-refractivity contribution in [3.05, 3.63) is 0 Å². The van der Waals surface area contributed by atoms with Crippen molar-refractivity contribution < 1.29 is 9.90 Å². The highest BCUT2D eigenvalue weighted by Crippen LogP contribution is 2.12. The zero-order chi connectivity index (χ0) is 9.56. The van der Waals surface area contributed by atoms with Gasteiger partial charge in [-0.15, -0.1) is 0 Å². The van der Waals surface area contributed by atoms with Gasteiger partial charge in [-0.25, -0.2) is 0 Å². The predicted molar refractivity (Wildman–Crippen MR) is 52.4 cm³/mol. The summed E-state index contributed by atoms with van der Waals surface area (Å²) in [6, 6.07) is -0.207. The Morgan fingerprint density at radius 2 is 2.25 bits per heavy atom. The molecule has 0 heterocycles. The lowest BCUT2D eigenvalue weighted by atomic mass is 10.0. The van der Waals surface area contributed by atoms with Gasteiger partial charge in [0.1, 0.15) is 0 Å². The third kappa shape index (κ3) is 5.43. The van der Waals surface area contributed by atoms with E-state index in [2.05, 4.69) is 6.92 Å². The molecule has 3 nitrogen and oxygen atoms in total. The van der Waals surface area contributed by atoms with Gasteiger partial charge in [0.2, 0.25) is 0 Å². The number of nitrogens with two attached hydrogens (primary N) is 1. The Kier molecular flexibility index (Phi) is 6.20.